The van der Waals surface area contributed by atoms with Gasteiger partial charge in [0.2, 0.25) is 0 Å². The van der Waals surface area contributed by atoms with E-state index in [-0.39, 0.29) is 13.0 Å². The summed E-state index contributed by atoms with van der Waals surface area (Å²) in [5.41, 5.74) is 2.38. The number of nitrogens with zero attached hydrogens (tertiary/aromatic N) is 1. The third kappa shape index (κ3) is 4.57. The lowest BCUT2D eigenvalue weighted by atomic mass is 10.0. The number of amides is 1. The van der Waals surface area contributed by atoms with Crippen LogP contribution in [-0.2, 0) is 22.6 Å². The van der Waals surface area contributed by atoms with Crippen molar-refractivity contribution in [1.82, 2.24) is 10.3 Å². The molecule has 3 rings (SSSR count). The van der Waals surface area contributed by atoms with Crippen molar-refractivity contribution in [3.63, 3.8) is 0 Å². The second-order valence-electron chi connectivity index (χ2n) is 5.83. The number of hydrogen-bond acceptors (Lipinski definition) is 4. The van der Waals surface area contributed by atoms with Gasteiger partial charge in [-0.2, -0.15) is 0 Å². The molecule has 0 saturated heterocycles. The number of fused-ring (bicyclic) bond motifs is 1. The lowest BCUT2D eigenvalue weighted by Gasteiger charge is -2.15. The number of aromatic nitrogens is 1. The third-order valence-corrected chi connectivity index (χ3v) is 3.91. The van der Waals surface area contributed by atoms with E-state index in [4.69, 9.17) is 4.74 Å². The van der Waals surface area contributed by atoms with E-state index in [1.165, 1.54) is 0 Å². The predicted octanol–water partition coefficient (Wildman–Crippen LogP) is 3.16. The van der Waals surface area contributed by atoms with Gasteiger partial charge in [0, 0.05) is 18.0 Å². The first-order valence-electron chi connectivity index (χ1n) is 8.15. The molecule has 1 heterocycles. The Kier molecular flexibility index (Phi) is 5.43. The highest BCUT2D eigenvalue weighted by atomic mass is 16.5. The van der Waals surface area contributed by atoms with Gasteiger partial charge >= 0.3 is 12.1 Å². The molecule has 2 aromatic carbocycles. The molecule has 0 radical (unpaired) electrons. The van der Waals surface area contributed by atoms with E-state index in [0.29, 0.717) is 0 Å². The standard InChI is InChI=1S/C20H18N2O4/c23-19(24)18(22-20(25)26-13-14-5-2-1-3-6-14)12-15-8-9-16-7-4-10-21-17(16)11-15/h1-11,18H,12-13H2,(H,22,25)(H,23,24)/t18-/m0/s1. The van der Waals surface area contributed by atoms with Gasteiger partial charge < -0.3 is 15.2 Å². The monoisotopic (exact) mass is 350 g/mol. The molecule has 0 spiro atoms. The number of carboxylic acids is 1. The van der Waals surface area contributed by atoms with Gasteiger partial charge in [0.05, 0.1) is 5.52 Å². The molecule has 0 fully saturated rings. The van der Waals surface area contributed by atoms with E-state index in [9.17, 15) is 14.7 Å². The summed E-state index contributed by atoms with van der Waals surface area (Å²) in [6.45, 7) is 0.0822. The highest BCUT2D eigenvalue weighted by molar-refractivity contribution is 5.81. The molecule has 1 aromatic heterocycles. The van der Waals surface area contributed by atoms with Crippen LogP contribution in [0, 0.1) is 0 Å². The fourth-order valence-corrected chi connectivity index (χ4v) is 2.58. The topological polar surface area (TPSA) is 88.5 Å². The van der Waals surface area contributed by atoms with Crippen molar-refractivity contribution in [2.24, 2.45) is 0 Å². The highest BCUT2D eigenvalue weighted by Gasteiger charge is 2.21. The Labute approximate surface area is 150 Å². The Hall–Kier alpha value is -3.41. The molecule has 0 aliphatic carbocycles. The minimum Gasteiger partial charge on any atom is -0.480 e. The summed E-state index contributed by atoms with van der Waals surface area (Å²) in [5, 5.41) is 12.8. The van der Waals surface area contributed by atoms with Crippen LogP contribution in [0.5, 0.6) is 0 Å². The van der Waals surface area contributed by atoms with E-state index in [2.05, 4.69) is 10.3 Å². The lowest BCUT2D eigenvalue weighted by Crippen LogP contribution is -2.42. The van der Waals surface area contributed by atoms with E-state index in [1.54, 1.807) is 6.20 Å². The molecule has 0 aliphatic heterocycles. The minimum atomic E-state index is -1.12. The predicted molar refractivity (Wildman–Crippen MR) is 96.6 cm³/mol. The van der Waals surface area contributed by atoms with Crippen molar-refractivity contribution >= 4 is 23.0 Å². The van der Waals surface area contributed by atoms with Gasteiger partial charge in [-0.3, -0.25) is 4.98 Å². The first kappa shape index (κ1) is 17.4. The number of ether oxygens (including phenoxy) is 1. The number of carbonyl (C=O) groups excluding carboxylic acids is 1. The molecule has 0 unspecified atom stereocenters. The number of pyridine rings is 1. The maximum absolute atomic E-state index is 11.9. The van der Waals surface area contributed by atoms with Crippen LogP contribution in [0.3, 0.4) is 0 Å². The maximum Gasteiger partial charge on any atom is 0.408 e. The Morgan fingerprint density at radius 2 is 1.85 bits per heavy atom. The maximum atomic E-state index is 11.9. The molecule has 26 heavy (non-hydrogen) atoms. The Morgan fingerprint density at radius 3 is 2.62 bits per heavy atom. The fraction of sp³-hybridized carbons (Fsp3) is 0.150. The normalized spacial score (nSPS) is 11.7. The second kappa shape index (κ2) is 8.11. The van der Waals surface area contributed by atoms with Crippen LogP contribution in [0.4, 0.5) is 4.79 Å². The molecule has 132 valence electrons. The second-order valence-corrected chi connectivity index (χ2v) is 5.83. The average molecular weight is 350 g/mol. The quantitative estimate of drug-likeness (QED) is 0.713. The summed E-state index contributed by atoms with van der Waals surface area (Å²) in [7, 11) is 0. The number of carboxylic acid groups (broad SMARTS) is 1. The number of nitrogens with one attached hydrogen (secondary N) is 1. The van der Waals surface area contributed by atoms with Crippen LogP contribution in [0.25, 0.3) is 10.9 Å². The van der Waals surface area contributed by atoms with E-state index in [0.717, 1.165) is 22.0 Å². The molecule has 6 nitrogen and oxygen atoms in total. The summed E-state index contributed by atoms with van der Waals surface area (Å²) in [6, 6.07) is 17.4. The molecule has 0 bridgehead atoms. The van der Waals surface area contributed by atoms with Crippen LogP contribution in [-0.4, -0.2) is 28.2 Å². The number of benzene rings is 2. The van der Waals surface area contributed by atoms with Gasteiger partial charge in [0.15, 0.2) is 0 Å². The van der Waals surface area contributed by atoms with E-state index in [1.807, 2.05) is 60.7 Å². The largest absolute Gasteiger partial charge is 0.480 e. The number of rotatable bonds is 6. The molecule has 0 saturated carbocycles. The molecule has 3 aromatic rings. The summed E-state index contributed by atoms with van der Waals surface area (Å²) < 4.78 is 5.09. The zero-order chi connectivity index (χ0) is 18.4. The first-order chi connectivity index (χ1) is 12.6. The summed E-state index contributed by atoms with van der Waals surface area (Å²) in [4.78, 5) is 27.7. The van der Waals surface area contributed by atoms with Gasteiger partial charge in [-0.15, -0.1) is 0 Å². The van der Waals surface area contributed by atoms with Gasteiger partial charge in [0.25, 0.3) is 0 Å². The molecule has 0 aliphatic rings. The molecule has 1 atom stereocenters. The Morgan fingerprint density at radius 1 is 1.04 bits per heavy atom. The SMILES string of the molecule is O=C(N[C@@H](Cc1ccc2cccnc2c1)C(=O)O)OCc1ccccc1. The lowest BCUT2D eigenvalue weighted by molar-refractivity contribution is -0.139. The fourth-order valence-electron chi connectivity index (χ4n) is 2.58. The molecule has 1 amide bonds. The zero-order valence-electron chi connectivity index (χ0n) is 14.0. The summed E-state index contributed by atoms with van der Waals surface area (Å²) in [5.74, 6) is -1.12. The molecular weight excluding hydrogens is 332 g/mol. The summed E-state index contributed by atoms with van der Waals surface area (Å²) >= 11 is 0. The first-order valence-corrected chi connectivity index (χ1v) is 8.15. The number of alkyl carbamates (subject to hydrolysis) is 1. The van der Waals surface area contributed by atoms with Crippen LogP contribution < -0.4 is 5.32 Å². The zero-order valence-corrected chi connectivity index (χ0v) is 14.0. The number of aliphatic carboxylic acids is 1. The Balaban J connectivity index is 1.62. The molecular formula is C20H18N2O4. The number of hydrogen-bond donors (Lipinski definition) is 2. The van der Waals surface area contributed by atoms with Gasteiger partial charge in [-0.05, 0) is 23.3 Å². The van der Waals surface area contributed by atoms with Crippen molar-refractivity contribution < 1.29 is 19.4 Å². The minimum absolute atomic E-state index is 0.0822. The van der Waals surface area contributed by atoms with Crippen molar-refractivity contribution in [1.29, 1.82) is 0 Å². The van der Waals surface area contributed by atoms with Crippen LogP contribution in [0.1, 0.15) is 11.1 Å². The van der Waals surface area contributed by atoms with Crippen molar-refractivity contribution in [3.8, 4) is 0 Å². The third-order valence-electron chi connectivity index (χ3n) is 3.91. The van der Waals surface area contributed by atoms with Crippen molar-refractivity contribution in [2.75, 3.05) is 0 Å². The van der Waals surface area contributed by atoms with Gasteiger partial charge in [0.1, 0.15) is 12.6 Å². The van der Waals surface area contributed by atoms with Crippen molar-refractivity contribution in [2.45, 2.75) is 19.1 Å². The van der Waals surface area contributed by atoms with Crippen molar-refractivity contribution in [3.05, 3.63) is 78.0 Å². The summed E-state index contributed by atoms with van der Waals surface area (Å²) in [6.07, 6.45) is 1.06. The smallest absolute Gasteiger partial charge is 0.408 e. The van der Waals surface area contributed by atoms with Gasteiger partial charge in [-0.1, -0.05) is 48.5 Å². The van der Waals surface area contributed by atoms with Crippen LogP contribution in [0.2, 0.25) is 0 Å². The molecule has 2 N–H and O–H groups in total. The molecule has 6 heteroatoms. The van der Waals surface area contributed by atoms with E-state index < -0.39 is 18.1 Å². The average Bonchev–Trinajstić information content (AvgIpc) is 2.66. The van der Waals surface area contributed by atoms with E-state index >= 15 is 0 Å². The van der Waals surface area contributed by atoms with Crippen LogP contribution >= 0.6 is 0 Å². The number of carbonyl (C=O) groups is 2. The van der Waals surface area contributed by atoms with Gasteiger partial charge in [-0.25, -0.2) is 9.59 Å². The highest BCUT2D eigenvalue weighted by Crippen LogP contribution is 2.14. The Bertz CT molecular complexity index is 912. The van der Waals surface area contributed by atoms with Crippen LogP contribution in [0.15, 0.2) is 66.9 Å².